The molecule has 0 aromatic heterocycles. The third-order valence-electron chi connectivity index (χ3n) is 1.59. The highest BCUT2D eigenvalue weighted by molar-refractivity contribution is 6.13. The summed E-state index contributed by atoms with van der Waals surface area (Å²) in [6, 6.07) is 0.0432. The van der Waals surface area contributed by atoms with Crippen LogP contribution in [0, 0.1) is 5.92 Å². The molecule has 2 nitrogen and oxygen atoms in total. The van der Waals surface area contributed by atoms with Crippen LogP contribution in [0.1, 0.15) is 20.8 Å². The molecule has 0 aromatic rings. The number of aliphatic hydroxyl groups is 1. The number of aliphatic hydroxyl groups excluding tert-OH is 1. The van der Waals surface area contributed by atoms with E-state index in [9.17, 15) is 5.11 Å². The number of rotatable bonds is 3. The zero-order valence-corrected chi connectivity index (χ0v) is 7.76. The lowest BCUT2D eigenvalue weighted by molar-refractivity contribution is 0.0895. The van der Waals surface area contributed by atoms with Gasteiger partial charge in [0.05, 0.1) is 12.1 Å². The molecule has 0 heterocycles. The van der Waals surface area contributed by atoms with Crippen molar-refractivity contribution in [2.45, 2.75) is 32.9 Å². The predicted octanol–water partition coefficient (Wildman–Crippen LogP) is 1.48. The van der Waals surface area contributed by atoms with Crippen molar-refractivity contribution in [2.24, 2.45) is 5.92 Å². The highest BCUT2D eigenvalue weighted by atomic mass is 35.5. The van der Waals surface area contributed by atoms with Gasteiger partial charge in [-0.25, -0.2) is 4.42 Å². The largest absolute Gasteiger partial charge is 0.392 e. The van der Waals surface area contributed by atoms with Crippen molar-refractivity contribution in [3.8, 4) is 0 Å². The molecule has 0 rings (SSSR count). The Balaban J connectivity index is 3.98. The van der Waals surface area contributed by atoms with Crippen molar-refractivity contribution in [1.29, 1.82) is 0 Å². The molecule has 3 heteroatoms. The van der Waals surface area contributed by atoms with Gasteiger partial charge in [0.1, 0.15) is 0 Å². The summed E-state index contributed by atoms with van der Waals surface area (Å²) >= 11 is 5.71. The molecule has 1 N–H and O–H groups in total. The summed E-state index contributed by atoms with van der Waals surface area (Å²) in [6.45, 7) is 5.83. The number of hydrogen-bond acceptors (Lipinski definition) is 2. The van der Waals surface area contributed by atoms with Crippen molar-refractivity contribution < 1.29 is 5.11 Å². The molecule has 0 fully saturated rings. The second-order valence-electron chi connectivity index (χ2n) is 3.00. The van der Waals surface area contributed by atoms with E-state index in [1.54, 1.807) is 14.0 Å². The summed E-state index contributed by atoms with van der Waals surface area (Å²) in [4.78, 5) is 0. The molecular weight excluding hydrogens is 150 g/mol. The van der Waals surface area contributed by atoms with E-state index in [-0.39, 0.29) is 12.1 Å². The van der Waals surface area contributed by atoms with E-state index in [1.807, 2.05) is 13.8 Å². The van der Waals surface area contributed by atoms with Crippen LogP contribution in [-0.2, 0) is 0 Å². The minimum Gasteiger partial charge on any atom is -0.392 e. The van der Waals surface area contributed by atoms with Gasteiger partial charge >= 0.3 is 0 Å². The number of nitrogens with zero attached hydrogens (tertiary/aromatic N) is 1. The summed E-state index contributed by atoms with van der Waals surface area (Å²) in [5.74, 6) is 0.377. The van der Waals surface area contributed by atoms with Crippen molar-refractivity contribution in [3.05, 3.63) is 0 Å². The zero-order chi connectivity index (χ0) is 8.31. The molecule has 0 spiro atoms. The molecular formula is C7H16ClNO. The fraction of sp³-hybridized carbons (Fsp3) is 1.00. The topological polar surface area (TPSA) is 23.5 Å². The smallest absolute Gasteiger partial charge is 0.0682 e. The molecule has 0 amide bonds. The predicted molar refractivity (Wildman–Crippen MR) is 43.9 cm³/mol. The van der Waals surface area contributed by atoms with Gasteiger partial charge in [-0.3, -0.25) is 0 Å². The van der Waals surface area contributed by atoms with Crippen molar-refractivity contribution in [1.82, 2.24) is 4.42 Å². The first-order chi connectivity index (χ1) is 4.46. The fourth-order valence-corrected chi connectivity index (χ4v) is 1.65. The Morgan fingerprint density at radius 3 is 1.70 bits per heavy atom. The van der Waals surface area contributed by atoms with Crippen LogP contribution in [0.4, 0.5) is 0 Å². The van der Waals surface area contributed by atoms with Crippen molar-refractivity contribution in [3.63, 3.8) is 0 Å². The molecule has 0 aliphatic carbocycles. The summed E-state index contributed by atoms with van der Waals surface area (Å²) in [6.07, 6.45) is -0.373. The van der Waals surface area contributed by atoms with Crippen LogP contribution < -0.4 is 0 Å². The van der Waals surface area contributed by atoms with E-state index in [4.69, 9.17) is 11.8 Å². The lowest BCUT2D eigenvalue weighted by atomic mass is 10.0. The Hall–Kier alpha value is 0.210. The standard InChI is InChI=1S/C7H16ClNO/c1-5(2)7(6(3)10)9(4)8/h5-7,10H,1-4H3/t6-,7+/m1/s1. The normalized spacial score (nSPS) is 18.0. The molecule has 0 saturated heterocycles. The van der Waals surface area contributed by atoms with Gasteiger partial charge in [0.2, 0.25) is 0 Å². The first-order valence-corrected chi connectivity index (χ1v) is 3.87. The van der Waals surface area contributed by atoms with E-state index in [2.05, 4.69) is 0 Å². The van der Waals surface area contributed by atoms with E-state index >= 15 is 0 Å². The molecule has 2 atom stereocenters. The minimum absolute atomic E-state index is 0.0432. The van der Waals surface area contributed by atoms with Crippen LogP contribution >= 0.6 is 11.8 Å². The third kappa shape index (κ3) is 2.86. The van der Waals surface area contributed by atoms with E-state index in [0.29, 0.717) is 5.92 Å². The fourth-order valence-electron chi connectivity index (χ4n) is 1.27. The quantitative estimate of drug-likeness (QED) is 0.641. The van der Waals surface area contributed by atoms with E-state index in [0.717, 1.165) is 0 Å². The molecule has 0 aliphatic rings. The monoisotopic (exact) mass is 165 g/mol. The minimum atomic E-state index is -0.373. The van der Waals surface area contributed by atoms with Gasteiger partial charge in [0.15, 0.2) is 0 Å². The molecule has 0 aliphatic heterocycles. The Bertz CT molecular complexity index is 74.6. The lowest BCUT2D eigenvalue weighted by Crippen LogP contribution is -2.38. The maximum Gasteiger partial charge on any atom is 0.0682 e. The SMILES string of the molecule is CC(C)[C@@H]([C@@H](C)O)N(C)Cl. The highest BCUT2D eigenvalue weighted by Gasteiger charge is 2.21. The van der Waals surface area contributed by atoms with Gasteiger partial charge < -0.3 is 5.11 Å². The van der Waals surface area contributed by atoms with E-state index in [1.165, 1.54) is 4.42 Å². The summed E-state index contributed by atoms with van der Waals surface area (Å²) in [7, 11) is 1.76. The van der Waals surface area contributed by atoms with E-state index < -0.39 is 0 Å². The van der Waals surface area contributed by atoms with Crippen molar-refractivity contribution in [2.75, 3.05) is 7.05 Å². The van der Waals surface area contributed by atoms with Gasteiger partial charge in [-0.15, -0.1) is 0 Å². The van der Waals surface area contributed by atoms with Crippen LogP contribution in [0.15, 0.2) is 0 Å². The Labute approximate surface area is 67.9 Å². The summed E-state index contributed by atoms with van der Waals surface area (Å²) in [5.41, 5.74) is 0. The Kier molecular flexibility index (Phi) is 4.25. The second-order valence-corrected chi connectivity index (χ2v) is 3.53. The number of halogens is 1. The maximum absolute atomic E-state index is 9.23. The molecule has 0 bridgehead atoms. The van der Waals surface area contributed by atoms with Gasteiger partial charge in [-0.1, -0.05) is 13.8 Å². The maximum atomic E-state index is 9.23. The van der Waals surface area contributed by atoms with Crippen LogP contribution in [-0.4, -0.2) is 28.7 Å². The highest BCUT2D eigenvalue weighted by Crippen LogP contribution is 2.14. The molecule has 62 valence electrons. The summed E-state index contributed by atoms with van der Waals surface area (Å²) < 4.78 is 1.54. The Morgan fingerprint density at radius 2 is 1.70 bits per heavy atom. The molecule has 0 unspecified atom stereocenters. The first-order valence-electron chi connectivity index (χ1n) is 3.53. The molecule has 0 radical (unpaired) electrons. The van der Waals surface area contributed by atoms with Gasteiger partial charge in [-0.05, 0) is 24.6 Å². The summed E-state index contributed by atoms with van der Waals surface area (Å²) in [5, 5.41) is 9.23. The van der Waals surface area contributed by atoms with Crippen molar-refractivity contribution >= 4 is 11.8 Å². The van der Waals surface area contributed by atoms with Crippen LogP contribution in [0.2, 0.25) is 0 Å². The number of hydrogen-bond donors (Lipinski definition) is 1. The number of likely N-dealkylation sites (N-methyl/N-ethyl adjacent to an activating group) is 1. The average Bonchev–Trinajstić information content (AvgIpc) is 1.59. The van der Waals surface area contributed by atoms with Gasteiger partial charge in [0.25, 0.3) is 0 Å². The molecule has 0 aromatic carbocycles. The van der Waals surface area contributed by atoms with Gasteiger partial charge in [-0.2, -0.15) is 0 Å². The second kappa shape index (κ2) is 4.16. The average molecular weight is 166 g/mol. The van der Waals surface area contributed by atoms with Gasteiger partial charge in [0, 0.05) is 7.05 Å². The van der Waals surface area contributed by atoms with Crippen LogP contribution in [0.3, 0.4) is 0 Å². The first kappa shape index (κ1) is 10.2. The lowest BCUT2D eigenvalue weighted by Gasteiger charge is -2.27. The zero-order valence-electron chi connectivity index (χ0n) is 7.00. The third-order valence-corrected chi connectivity index (χ3v) is 1.81. The van der Waals surface area contributed by atoms with Crippen LogP contribution in [0.5, 0.6) is 0 Å². The Morgan fingerprint density at radius 1 is 1.30 bits per heavy atom. The molecule has 10 heavy (non-hydrogen) atoms. The molecule has 0 saturated carbocycles. The van der Waals surface area contributed by atoms with Crippen LogP contribution in [0.25, 0.3) is 0 Å².